The zero-order valence-electron chi connectivity index (χ0n) is 12.2. The van der Waals surface area contributed by atoms with Crippen LogP contribution < -0.4 is 11.1 Å². The predicted octanol–water partition coefficient (Wildman–Crippen LogP) is 2.39. The lowest BCUT2D eigenvalue weighted by molar-refractivity contribution is 0.0506. The molecule has 0 aromatic heterocycles. The Morgan fingerprint density at radius 3 is 2.37 bits per heavy atom. The maximum Gasteiger partial charge on any atom is 0.407 e. The first kappa shape index (κ1) is 15.5. The standard InChI is InChI=1S/C15H24N2O2/c1-11-5-7-12(8-6-11)9-13(10-16)17-14(18)19-15(2,3)4/h5-8,13H,9-10,16H2,1-4H3,(H,17,18)/t13-/m0/s1. The molecule has 0 radical (unpaired) electrons. The predicted molar refractivity (Wildman–Crippen MR) is 77.1 cm³/mol. The van der Waals surface area contributed by atoms with Crippen molar-refractivity contribution in [2.75, 3.05) is 6.54 Å². The highest BCUT2D eigenvalue weighted by Gasteiger charge is 2.18. The van der Waals surface area contributed by atoms with Gasteiger partial charge >= 0.3 is 6.09 Å². The first-order chi connectivity index (χ1) is 8.80. The number of benzene rings is 1. The molecule has 1 atom stereocenters. The van der Waals surface area contributed by atoms with Crippen molar-refractivity contribution in [2.45, 2.75) is 45.8 Å². The average Bonchev–Trinajstić information content (AvgIpc) is 2.28. The summed E-state index contributed by atoms with van der Waals surface area (Å²) in [5, 5.41) is 2.80. The fourth-order valence-electron chi connectivity index (χ4n) is 1.68. The number of aryl methyl sites for hydroxylation is 1. The lowest BCUT2D eigenvalue weighted by Crippen LogP contribution is -2.44. The van der Waals surface area contributed by atoms with Gasteiger partial charge in [0.2, 0.25) is 0 Å². The van der Waals surface area contributed by atoms with E-state index in [1.807, 2.05) is 27.7 Å². The Morgan fingerprint density at radius 2 is 1.89 bits per heavy atom. The second kappa shape index (κ2) is 6.57. The molecule has 0 spiro atoms. The van der Waals surface area contributed by atoms with Crippen molar-refractivity contribution >= 4 is 6.09 Å². The lowest BCUT2D eigenvalue weighted by atomic mass is 10.0. The molecular formula is C15H24N2O2. The van der Waals surface area contributed by atoms with Crippen LogP contribution in [-0.4, -0.2) is 24.3 Å². The van der Waals surface area contributed by atoms with E-state index in [1.165, 1.54) is 5.56 Å². The summed E-state index contributed by atoms with van der Waals surface area (Å²) in [6.45, 7) is 7.94. The van der Waals surface area contributed by atoms with E-state index in [-0.39, 0.29) is 6.04 Å². The smallest absolute Gasteiger partial charge is 0.407 e. The molecule has 4 nitrogen and oxygen atoms in total. The highest BCUT2D eigenvalue weighted by Crippen LogP contribution is 2.09. The molecule has 1 rings (SSSR count). The van der Waals surface area contributed by atoms with Crippen LogP contribution >= 0.6 is 0 Å². The third-order valence-corrected chi connectivity index (χ3v) is 2.61. The van der Waals surface area contributed by atoms with Gasteiger partial charge in [-0.15, -0.1) is 0 Å². The van der Waals surface area contributed by atoms with E-state index >= 15 is 0 Å². The number of carbonyl (C=O) groups excluding carboxylic acids is 1. The Labute approximate surface area is 115 Å². The maximum absolute atomic E-state index is 11.7. The molecule has 0 saturated carbocycles. The molecule has 1 aromatic carbocycles. The number of hydrogen-bond donors (Lipinski definition) is 2. The van der Waals surface area contributed by atoms with Crippen LogP contribution in [0.4, 0.5) is 4.79 Å². The second-order valence-electron chi connectivity index (χ2n) is 5.77. The van der Waals surface area contributed by atoms with Gasteiger partial charge in [0, 0.05) is 12.6 Å². The summed E-state index contributed by atoms with van der Waals surface area (Å²) >= 11 is 0. The highest BCUT2D eigenvalue weighted by atomic mass is 16.6. The Morgan fingerprint density at radius 1 is 1.32 bits per heavy atom. The van der Waals surface area contributed by atoms with Crippen LogP contribution in [0.25, 0.3) is 0 Å². The summed E-state index contributed by atoms with van der Waals surface area (Å²) in [6.07, 6.45) is 0.283. The minimum Gasteiger partial charge on any atom is -0.444 e. The molecule has 4 heteroatoms. The quantitative estimate of drug-likeness (QED) is 0.877. The van der Waals surface area contributed by atoms with E-state index in [0.717, 1.165) is 5.56 Å². The third kappa shape index (κ3) is 6.25. The monoisotopic (exact) mass is 264 g/mol. The summed E-state index contributed by atoms with van der Waals surface area (Å²) in [4.78, 5) is 11.7. The average molecular weight is 264 g/mol. The van der Waals surface area contributed by atoms with Crippen molar-refractivity contribution in [3.05, 3.63) is 35.4 Å². The van der Waals surface area contributed by atoms with Crippen LogP contribution in [0, 0.1) is 6.92 Å². The highest BCUT2D eigenvalue weighted by molar-refractivity contribution is 5.68. The molecule has 106 valence electrons. The number of nitrogens with two attached hydrogens (primary N) is 1. The van der Waals surface area contributed by atoms with Crippen LogP contribution in [0.5, 0.6) is 0 Å². The van der Waals surface area contributed by atoms with Gasteiger partial charge in [-0.1, -0.05) is 29.8 Å². The van der Waals surface area contributed by atoms with Crippen LogP contribution in [-0.2, 0) is 11.2 Å². The van der Waals surface area contributed by atoms with E-state index in [4.69, 9.17) is 10.5 Å². The number of amides is 1. The second-order valence-corrected chi connectivity index (χ2v) is 5.77. The number of alkyl carbamates (subject to hydrolysis) is 1. The zero-order valence-corrected chi connectivity index (χ0v) is 12.2. The molecule has 3 N–H and O–H groups in total. The van der Waals surface area contributed by atoms with Crippen LogP contribution in [0.1, 0.15) is 31.9 Å². The van der Waals surface area contributed by atoms with E-state index < -0.39 is 11.7 Å². The summed E-state index contributed by atoms with van der Waals surface area (Å²) < 4.78 is 5.22. The Kier molecular flexibility index (Phi) is 5.36. The maximum atomic E-state index is 11.7. The first-order valence-corrected chi connectivity index (χ1v) is 6.55. The molecule has 0 saturated heterocycles. The minimum absolute atomic E-state index is 0.113. The third-order valence-electron chi connectivity index (χ3n) is 2.61. The number of nitrogens with one attached hydrogen (secondary N) is 1. The molecule has 1 amide bonds. The first-order valence-electron chi connectivity index (χ1n) is 6.55. The number of hydrogen-bond acceptors (Lipinski definition) is 3. The van der Waals surface area contributed by atoms with Gasteiger partial charge < -0.3 is 15.8 Å². The van der Waals surface area contributed by atoms with Crippen LogP contribution in [0.3, 0.4) is 0 Å². The largest absolute Gasteiger partial charge is 0.444 e. The van der Waals surface area contributed by atoms with E-state index in [0.29, 0.717) is 13.0 Å². The summed E-state index contributed by atoms with van der Waals surface area (Å²) in [5.74, 6) is 0. The van der Waals surface area contributed by atoms with Gasteiger partial charge in [-0.05, 0) is 39.7 Å². The summed E-state index contributed by atoms with van der Waals surface area (Å²) in [7, 11) is 0. The number of ether oxygens (including phenoxy) is 1. The molecule has 0 fully saturated rings. The van der Waals surface area contributed by atoms with Gasteiger partial charge in [-0.25, -0.2) is 4.79 Å². The van der Waals surface area contributed by atoms with Crippen LogP contribution in [0.15, 0.2) is 24.3 Å². The molecule has 19 heavy (non-hydrogen) atoms. The van der Waals surface area contributed by atoms with Crippen molar-refractivity contribution in [3.8, 4) is 0 Å². The normalized spacial score (nSPS) is 12.9. The number of carbonyl (C=O) groups is 1. The zero-order chi connectivity index (χ0) is 14.5. The van der Waals surface area contributed by atoms with Crippen molar-refractivity contribution in [1.29, 1.82) is 0 Å². The molecule has 0 bridgehead atoms. The Balaban J connectivity index is 2.54. The molecular weight excluding hydrogens is 240 g/mol. The van der Waals surface area contributed by atoms with Crippen molar-refractivity contribution in [3.63, 3.8) is 0 Å². The summed E-state index contributed by atoms with van der Waals surface area (Å²) in [5.41, 5.74) is 7.57. The molecule has 0 unspecified atom stereocenters. The van der Waals surface area contributed by atoms with Gasteiger partial charge in [0.05, 0.1) is 0 Å². The van der Waals surface area contributed by atoms with Crippen molar-refractivity contribution in [2.24, 2.45) is 5.73 Å². The van der Waals surface area contributed by atoms with Gasteiger partial charge in [0.15, 0.2) is 0 Å². The SMILES string of the molecule is Cc1ccc(C[C@@H](CN)NC(=O)OC(C)(C)C)cc1. The molecule has 0 aliphatic carbocycles. The van der Waals surface area contributed by atoms with Gasteiger partial charge in [-0.3, -0.25) is 0 Å². The molecule has 0 aliphatic heterocycles. The fraction of sp³-hybridized carbons (Fsp3) is 0.533. The topological polar surface area (TPSA) is 64.3 Å². The van der Waals surface area contributed by atoms with Gasteiger partial charge in [0.1, 0.15) is 5.60 Å². The van der Waals surface area contributed by atoms with Crippen molar-refractivity contribution < 1.29 is 9.53 Å². The van der Waals surface area contributed by atoms with Gasteiger partial charge in [-0.2, -0.15) is 0 Å². The lowest BCUT2D eigenvalue weighted by Gasteiger charge is -2.23. The Bertz CT molecular complexity index is 407. The van der Waals surface area contributed by atoms with E-state index in [1.54, 1.807) is 0 Å². The van der Waals surface area contributed by atoms with E-state index in [9.17, 15) is 4.79 Å². The molecule has 0 aliphatic rings. The number of rotatable bonds is 4. The Hall–Kier alpha value is -1.55. The molecule has 0 heterocycles. The summed E-state index contributed by atoms with van der Waals surface area (Å²) in [6, 6.07) is 8.09. The van der Waals surface area contributed by atoms with Crippen molar-refractivity contribution in [1.82, 2.24) is 5.32 Å². The fourth-order valence-corrected chi connectivity index (χ4v) is 1.68. The van der Waals surface area contributed by atoms with Gasteiger partial charge in [0.25, 0.3) is 0 Å². The van der Waals surface area contributed by atoms with E-state index in [2.05, 4.69) is 29.6 Å². The minimum atomic E-state index is -0.493. The van der Waals surface area contributed by atoms with Crippen LogP contribution in [0.2, 0.25) is 0 Å². The molecule has 1 aromatic rings.